The molecule has 1 fully saturated rings. The van der Waals surface area contributed by atoms with Crippen LogP contribution in [-0.2, 0) is 4.79 Å². The average molecular weight is 313 g/mol. The lowest BCUT2D eigenvalue weighted by molar-refractivity contribution is -0.122. The Labute approximate surface area is 132 Å². The third-order valence-electron chi connectivity index (χ3n) is 3.80. The number of aliphatic hydroxyl groups excluding tert-OH is 1. The average Bonchev–Trinajstić information content (AvgIpc) is 2.98. The number of benzene rings is 1. The molecule has 0 radical (unpaired) electrons. The Morgan fingerprint density at radius 2 is 2.14 bits per heavy atom. The Morgan fingerprint density at radius 1 is 1.43 bits per heavy atom. The topological polar surface area (TPSA) is 61.4 Å². The summed E-state index contributed by atoms with van der Waals surface area (Å²) in [6, 6.07) is 10.0. The van der Waals surface area contributed by atoms with Crippen LogP contribution in [0.2, 0.25) is 0 Å². The van der Waals surface area contributed by atoms with Gasteiger partial charge in [-0.25, -0.2) is 0 Å². The predicted octanol–water partition coefficient (Wildman–Crippen LogP) is 1.83. The fourth-order valence-corrected chi connectivity index (χ4v) is 2.73. The number of amides is 1. The fraction of sp³-hybridized carbons (Fsp3) is 0.562. The normalized spacial score (nSPS) is 20.4. The highest BCUT2D eigenvalue weighted by molar-refractivity contribution is 5.85. The Kier molecular flexibility index (Phi) is 7.72. The SMILES string of the molecule is CC(O)CC(CNC(=O)[C@@H]1CCCN1)c1ccccc1.Cl. The zero-order chi connectivity index (χ0) is 14.4. The molecule has 1 heterocycles. The van der Waals surface area contributed by atoms with Gasteiger partial charge in [0, 0.05) is 12.5 Å². The smallest absolute Gasteiger partial charge is 0.237 e. The van der Waals surface area contributed by atoms with Crippen molar-refractivity contribution in [2.45, 2.75) is 44.2 Å². The second-order valence-corrected chi connectivity index (χ2v) is 5.59. The highest BCUT2D eigenvalue weighted by atomic mass is 35.5. The minimum absolute atomic E-state index is 0. The van der Waals surface area contributed by atoms with Gasteiger partial charge in [-0.15, -0.1) is 12.4 Å². The number of hydrogen-bond donors (Lipinski definition) is 3. The van der Waals surface area contributed by atoms with Gasteiger partial charge in [-0.3, -0.25) is 4.79 Å². The molecule has 0 aliphatic carbocycles. The van der Waals surface area contributed by atoms with E-state index in [1.807, 2.05) is 30.3 Å². The van der Waals surface area contributed by atoms with E-state index in [-0.39, 0.29) is 36.4 Å². The molecule has 1 aliphatic rings. The van der Waals surface area contributed by atoms with Crippen molar-refractivity contribution >= 4 is 18.3 Å². The van der Waals surface area contributed by atoms with Gasteiger partial charge in [0.1, 0.15) is 0 Å². The van der Waals surface area contributed by atoms with Gasteiger partial charge >= 0.3 is 0 Å². The molecule has 0 spiro atoms. The summed E-state index contributed by atoms with van der Waals surface area (Å²) in [4.78, 5) is 12.0. The van der Waals surface area contributed by atoms with Crippen molar-refractivity contribution in [2.24, 2.45) is 0 Å². The van der Waals surface area contributed by atoms with E-state index in [0.29, 0.717) is 13.0 Å². The summed E-state index contributed by atoms with van der Waals surface area (Å²) in [5, 5.41) is 15.9. The van der Waals surface area contributed by atoms with Gasteiger partial charge in [0.2, 0.25) is 5.91 Å². The molecule has 1 aromatic rings. The van der Waals surface area contributed by atoms with Crippen LogP contribution in [0.3, 0.4) is 0 Å². The highest BCUT2D eigenvalue weighted by Gasteiger charge is 2.23. The van der Waals surface area contributed by atoms with Gasteiger partial charge < -0.3 is 15.7 Å². The second kappa shape index (κ2) is 9.03. The molecule has 3 N–H and O–H groups in total. The van der Waals surface area contributed by atoms with E-state index in [2.05, 4.69) is 10.6 Å². The van der Waals surface area contributed by atoms with E-state index in [0.717, 1.165) is 24.9 Å². The molecule has 4 nitrogen and oxygen atoms in total. The van der Waals surface area contributed by atoms with E-state index in [4.69, 9.17) is 0 Å². The Balaban J connectivity index is 0.00000220. The van der Waals surface area contributed by atoms with Crippen molar-refractivity contribution in [3.05, 3.63) is 35.9 Å². The standard InChI is InChI=1S/C16H24N2O2.ClH/c1-12(19)10-14(13-6-3-2-4-7-13)11-18-16(20)15-8-5-9-17-15;/h2-4,6-7,12,14-15,17,19H,5,8-11H2,1H3,(H,18,20);1H/t12?,14?,15-;/m0./s1. The van der Waals surface area contributed by atoms with Crippen LogP contribution in [0.5, 0.6) is 0 Å². The molecule has 2 rings (SSSR count). The third-order valence-corrected chi connectivity index (χ3v) is 3.80. The first-order chi connectivity index (χ1) is 9.66. The lowest BCUT2D eigenvalue weighted by atomic mass is 9.93. The number of aliphatic hydroxyl groups is 1. The van der Waals surface area contributed by atoms with Gasteiger partial charge in [0.15, 0.2) is 0 Å². The molecule has 1 aliphatic heterocycles. The quantitative estimate of drug-likeness (QED) is 0.751. The number of carbonyl (C=O) groups is 1. The van der Waals surface area contributed by atoms with Crippen LogP contribution in [0.4, 0.5) is 0 Å². The first kappa shape index (κ1) is 18.0. The van der Waals surface area contributed by atoms with Gasteiger partial charge in [0.25, 0.3) is 0 Å². The molecule has 5 heteroatoms. The minimum Gasteiger partial charge on any atom is -0.393 e. The fourth-order valence-electron chi connectivity index (χ4n) is 2.73. The van der Waals surface area contributed by atoms with Crippen molar-refractivity contribution in [2.75, 3.05) is 13.1 Å². The predicted molar refractivity (Wildman–Crippen MR) is 86.8 cm³/mol. The molecule has 3 atom stereocenters. The molecular weight excluding hydrogens is 288 g/mol. The van der Waals surface area contributed by atoms with Crippen LogP contribution < -0.4 is 10.6 Å². The summed E-state index contributed by atoms with van der Waals surface area (Å²) in [6.07, 6.45) is 2.26. The lowest BCUT2D eigenvalue weighted by Gasteiger charge is -2.21. The third kappa shape index (κ3) is 5.65. The number of hydrogen-bond acceptors (Lipinski definition) is 3. The maximum atomic E-state index is 12.0. The number of carbonyl (C=O) groups excluding carboxylic acids is 1. The second-order valence-electron chi connectivity index (χ2n) is 5.59. The van der Waals surface area contributed by atoms with Crippen molar-refractivity contribution in [3.8, 4) is 0 Å². The molecule has 21 heavy (non-hydrogen) atoms. The Hall–Kier alpha value is -1.10. The largest absolute Gasteiger partial charge is 0.393 e. The first-order valence-corrected chi connectivity index (χ1v) is 7.41. The van der Waals surface area contributed by atoms with Crippen LogP contribution in [0, 0.1) is 0 Å². The van der Waals surface area contributed by atoms with Crippen molar-refractivity contribution < 1.29 is 9.90 Å². The van der Waals surface area contributed by atoms with E-state index < -0.39 is 0 Å². The van der Waals surface area contributed by atoms with E-state index >= 15 is 0 Å². The molecule has 2 unspecified atom stereocenters. The van der Waals surface area contributed by atoms with Crippen LogP contribution >= 0.6 is 12.4 Å². The first-order valence-electron chi connectivity index (χ1n) is 7.41. The van der Waals surface area contributed by atoms with Crippen molar-refractivity contribution in [3.63, 3.8) is 0 Å². The molecule has 0 saturated carbocycles. The number of rotatable bonds is 6. The summed E-state index contributed by atoms with van der Waals surface area (Å²) in [7, 11) is 0. The molecule has 1 saturated heterocycles. The highest BCUT2D eigenvalue weighted by Crippen LogP contribution is 2.20. The molecule has 1 aromatic carbocycles. The van der Waals surface area contributed by atoms with Crippen molar-refractivity contribution in [1.82, 2.24) is 10.6 Å². The van der Waals surface area contributed by atoms with Crippen LogP contribution in [0.1, 0.15) is 37.7 Å². The van der Waals surface area contributed by atoms with Gasteiger partial charge in [0.05, 0.1) is 12.1 Å². The molecule has 0 aromatic heterocycles. The minimum atomic E-state index is -0.373. The molecule has 118 valence electrons. The van der Waals surface area contributed by atoms with E-state index in [9.17, 15) is 9.90 Å². The number of nitrogens with one attached hydrogen (secondary N) is 2. The Bertz CT molecular complexity index is 420. The van der Waals surface area contributed by atoms with Crippen LogP contribution in [-0.4, -0.2) is 36.2 Å². The molecule has 1 amide bonds. The van der Waals surface area contributed by atoms with Crippen molar-refractivity contribution in [1.29, 1.82) is 0 Å². The summed E-state index contributed by atoms with van der Waals surface area (Å²) in [5.74, 6) is 0.232. The van der Waals surface area contributed by atoms with E-state index in [1.54, 1.807) is 6.92 Å². The maximum Gasteiger partial charge on any atom is 0.237 e. The van der Waals surface area contributed by atoms with Crippen LogP contribution in [0.15, 0.2) is 30.3 Å². The van der Waals surface area contributed by atoms with Gasteiger partial charge in [-0.05, 0) is 38.3 Å². The number of halogens is 1. The monoisotopic (exact) mass is 312 g/mol. The zero-order valence-electron chi connectivity index (χ0n) is 12.4. The summed E-state index contributed by atoms with van der Waals surface area (Å²) < 4.78 is 0. The maximum absolute atomic E-state index is 12.0. The summed E-state index contributed by atoms with van der Waals surface area (Å²) in [6.45, 7) is 3.29. The van der Waals surface area contributed by atoms with Crippen LogP contribution in [0.25, 0.3) is 0 Å². The van der Waals surface area contributed by atoms with E-state index in [1.165, 1.54) is 0 Å². The molecular formula is C16H25ClN2O2. The summed E-state index contributed by atoms with van der Waals surface area (Å²) >= 11 is 0. The van der Waals surface area contributed by atoms with Gasteiger partial charge in [-0.2, -0.15) is 0 Å². The summed E-state index contributed by atoms with van der Waals surface area (Å²) in [5.41, 5.74) is 1.16. The lowest BCUT2D eigenvalue weighted by Crippen LogP contribution is -2.42. The Morgan fingerprint density at radius 3 is 2.71 bits per heavy atom. The molecule has 0 bridgehead atoms. The zero-order valence-corrected chi connectivity index (χ0v) is 13.2. The van der Waals surface area contributed by atoms with Gasteiger partial charge in [-0.1, -0.05) is 30.3 Å².